The number of aromatic amines is 1. The number of hydrogen-bond acceptors (Lipinski definition) is 2. The lowest BCUT2D eigenvalue weighted by Crippen LogP contribution is -1.96. The summed E-state index contributed by atoms with van der Waals surface area (Å²) in [7, 11) is 0. The van der Waals surface area contributed by atoms with E-state index in [1.165, 1.54) is 6.07 Å². The third-order valence-corrected chi connectivity index (χ3v) is 2.23. The van der Waals surface area contributed by atoms with Crippen molar-refractivity contribution in [2.24, 2.45) is 0 Å². The molecule has 2 nitrogen and oxygen atoms in total. The third kappa shape index (κ3) is 1.56. The van der Waals surface area contributed by atoms with Gasteiger partial charge in [0.1, 0.15) is 4.83 Å². The summed E-state index contributed by atoms with van der Waals surface area (Å²) in [5.74, 6) is 0. The second-order valence-electron chi connectivity index (χ2n) is 2.01. The SMILES string of the molecule is CC.O=c1cc[nH]c2sccc12. The van der Waals surface area contributed by atoms with Crippen LogP contribution in [0.1, 0.15) is 13.8 Å². The van der Waals surface area contributed by atoms with Crippen LogP contribution in [0.15, 0.2) is 28.5 Å². The number of pyridine rings is 1. The van der Waals surface area contributed by atoms with Gasteiger partial charge in [0.25, 0.3) is 0 Å². The fourth-order valence-corrected chi connectivity index (χ4v) is 1.67. The predicted octanol–water partition coefficient (Wildman–Crippen LogP) is 2.62. The van der Waals surface area contributed by atoms with Crippen LogP contribution in [-0.4, -0.2) is 4.98 Å². The Bertz CT molecular complexity index is 402. The van der Waals surface area contributed by atoms with Gasteiger partial charge in [-0.05, 0) is 11.4 Å². The Balaban J connectivity index is 0.000000336. The zero-order valence-corrected chi connectivity index (χ0v) is 7.94. The van der Waals surface area contributed by atoms with Gasteiger partial charge >= 0.3 is 0 Å². The van der Waals surface area contributed by atoms with Crippen molar-refractivity contribution in [3.63, 3.8) is 0 Å². The van der Waals surface area contributed by atoms with E-state index in [0.29, 0.717) is 0 Å². The van der Waals surface area contributed by atoms with Crippen molar-refractivity contribution < 1.29 is 0 Å². The minimum atomic E-state index is 0.0926. The molecule has 0 bridgehead atoms. The van der Waals surface area contributed by atoms with E-state index >= 15 is 0 Å². The second-order valence-corrected chi connectivity index (χ2v) is 2.92. The van der Waals surface area contributed by atoms with Crippen molar-refractivity contribution in [3.8, 4) is 0 Å². The van der Waals surface area contributed by atoms with Gasteiger partial charge in [-0.3, -0.25) is 4.79 Å². The Labute approximate surface area is 74.9 Å². The highest BCUT2D eigenvalue weighted by Crippen LogP contribution is 2.12. The van der Waals surface area contributed by atoms with Crippen molar-refractivity contribution in [1.29, 1.82) is 0 Å². The van der Waals surface area contributed by atoms with Crippen molar-refractivity contribution in [2.75, 3.05) is 0 Å². The molecule has 0 amide bonds. The van der Waals surface area contributed by atoms with E-state index in [2.05, 4.69) is 4.98 Å². The average molecular weight is 181 g/mol. The molecule has 0 aliphatic rings. The number of H-pyrrole nitrogens is 1. The molecule has 3 heteroatoms. The Kier molecular flexibility index (Phi) is 3.05. The normalized spacial score (nSPS) is 9.17. The maximum atomic E-state index is 11.0. The van der Waals surface area contributed by atoms with Gasteiger partial charge in [0.05, 0.1) is 5.39 Å². The first-order valence-corrected chi connectivity index (χ1v) is 4.81. The van der Waals surface area contributed by atoms with Crippen LogP contribution >= 0.6 is 11.3 Å². The lowest BCUT2D eigenvalue weighted by Gasteiger charge is -1.83. The molecular formula is C9H11NOS. The zero-order valence-electron chi connectivity index (χ0n) is 7.13. The topological polar surface area (TPSA) is 32.9 Å². The third-order valence-electron chi connectivity index (χ3n) is 1.38. The Morgan fingerprint density at radius 2 is 2.08 bits per heavy atom. The number of nitrogens with one attached hydrogen (secondary N) is 1. The van der Waals surface area contributed by atoms with Crippen LogP contribution < -0.4 is 5.43 Å². The van der Waals surface area contributed by atoms with Crippen molar-refractivity contribution in [3.05, 3.63) is 33.9 Å². The number of thiophene rings is 1. The fourth-order valence-electron chi connectivity index (χ4n) is 0.898. The molecular weight excluding hydrogens is 170 g/mol. The molecule has 0 aliphatic carbocycles. The number of hydrogen-bond donors (Lipinski definition) is 1. The number of rotatable bonds is 0. The molecule has 1 N–H and O–H groups in total. The first kappa shape index (κ1) is 9.00. The second kappa shape index (κ2) is 4.07. The monoisotopic (exact) mass is 181 g/mol. The standard InChI is InChI=1S/C7H5NOS.C2H6/c9-6-1-3-8-7-5(6)2-4-10-7;1-2/h1-4H,(H,8,9);1-2H3. The molecule has 0 unspecified atom stereocenters. The molecule has 2 heterocycles. The van der Waals surface area contributed by atoms with Gasteiger partial charge < -0.3 is 4.98 Å². The molecule has 2 aromatic heterocycles. The molecule has 64 valence electrons. The molecule has 12 heavy (non-hydrogen) atoms. The van der Waals surface area contributed by atoms with Crippen LogP contribution in [0.25, 0.3) is 10.2 Å². The number of fused-ring (bicyclic) bond motifs is 1. The summed E-state index contributed by atoms with van der Waals surface area (Å²) in [4.78, 5) is 15.0. The molecule has 0 spiro atoms. The first-order chi connectivity index (χ1) is 5.88. The van der Waals surface area contributed by atoms with Gasteiger partial charge in [-0.2, -0.15) is 0 Å². The summed E-state index contributed by atoms with van der Waals surface area (Å²) in [6.07, 6.45) is 1.67. The summed E-state index contributed by atoms with van der Waals surface area (Å²) >= 11 is 1.55. The maximum absolute atomic E-state index is 11.0. The quantitative estimate of drug-likeness (QED) is 0.665. The predicted molar refractivity (Wildman–Crippen MR) is 53.8 cm³/mol. The molecule has 0 saturated heterocycles. The highest BCUT2D eigenvalue weighted by atomic mass is 32.1. The largest absolute Gasteiger partial charge is 0.353 e. The molecule has 0 saturated carbocycles. The van der Waals surface area contributed by atoms with Crippen LogP contribution in [0.5, 0.6) is 0 Å². The van der Waals surface area contributed by atoms with Crippen molar-refractivity contribution in [2.45, 2.75) is 13.8 Å². The van der Waals surface area contributed by atoms with Crippen LogP contribution in [0, 0.1) is 0 Å². The van der Waals surface area contributed by atoms with Crippen LogP contribution in [0.2, 0.25) is 0 Å². The maximum Gasteiger partial charge on any atom is 0.190 e. The lowest BCUT2D eigenvalue weighted by molar-refractivity contribution is 1.42. The molecule has 0 atom stereocenters. The first-order valence-electron chi connectivity index (χ1n) is 3.93. The van der Waals surface area contributed by atoms with E-state index in [-0.39, 0.29) is 5.43 Å². The van der Waals surface area contributed by atoms with E-state index in [4.69, 9.17) is 0 Å². The summed E-state index contributed by atoms with van der Waals surface area (Å²) < 4.78 is 0. The van der Waals surface area contributed by atoms with E-state index in [9.17, 15) is 4.79 Å². The van der Waals surface area contributed by atoms with Crippen LogP contribution in [0.4, 0.5) is 0 Å². The van der Waals surface area contributed by atoms with Gasteiger partial charge in [0, 0.05) is 12.3 Å². The highest BCUT2D eigenvalue weighted by Gasteiger charge is 1.95. The summed E-state index contributed by atoms with van der Waals surface area (Å²) in [6.45, 7) is 4.00. The summed E-state index contributed by atoms with van der Waals surface area (Å²) in [5.41, 5.74) is 0.0926. The summed E-state index contributed by atoms with van der Waals surface area (Å²) in [6, 6.07) is 3.37. The zero-order chi connectivity index (χ0) is 8.97. The summed E-state index contributed by atoms with van der Waals surface area (Å²) in [5, 5.41) is 2.69. The van der Waals surface area contributed by atoms with E-state index in [1.807, 2.05) is 25.3 Å². The Morgan fingerprint density at radius 3 is 2.75 bits per heavy atom. The fraction of sp³-hybridized carbons (Fsp3) is 0.222. The van der Waals surface area contributed by atoms with Gasteiger partial charge in [0.2, 0.25) is 0 Å². The smallest absolute Gasteiger partial charge is 0.190 e. The van der Waals surface area contributed by atoms with Crippen LogP contribution in [-0.2, 0) is 0 Å². The van der Waals surface area contributed by atoms with E-state index in [1.54, 1.807) is 17.5 Å². The molecule has 0 aliphatic heterocycles. The Hall–Kier alpha value is -1.09. The molecule has 0 fully saturated rings. The van der Waals surface area contributed by atoms with E-state index in [0.717, 1.165) is 10.2 Å². The van der Waals surface area contributed by atoms with E-state index < -0.39 is 0 Å². The van der Waals surface area contributed by atoms with Gasteiger partial charge in [-0.25, -0.2) is 0 Å². The molecule has 0 aromatic carbocycles. The van der Waals surface area contributed by atoms with Gasteiger partial charge in [0.15, 0.2) is 5.43 Å². The highest BCUT2D eigenvalue weighted by molar-refractivity contribution is 7.16. The van der Waals surface area contributed by atoms with Crippen LogP contribution in [0.3, 0.4) is 0 Å². The molecule has 0 radical (unpaired) electrons. The van der Waals surface area contributed by atoms with Gasteiger partial charge in [-0.15, -0.1) is 11.3 Å². The van der Waals surface area contributed by atoms with Gasteiger partial charge in [-0.1, -0.05) is 13.8 Å². The average Bonchev–Trinajstić information content (AvgIpc) is 2.57. The molecule has 2 aromatic rings. The molecule has 2 rings (SSSR count). The van der Waals surface area contributed by atoms with Crippen molar-refractivity contribution >= 4 is 21.6 Å². The van der Waals surface area contributed by atoms with Crippen molar-refractivity contribution in [1.82, 2.24) is 4.98 Å². The minimum absolute atomic E-state index is 0.0926. The Morgan fingerprint density at radius 1 is 1.33 bits per heavy atom. The minimum Gasteiger partial charge on any atom is -0.353 e. The number of aromatic nitrogens is 1. The lowest BCUT2D eigenvalue weighted by atomic mass is 10.3.